The van der Waals surface area contributed by atoms with Gasteiger partial charge in [-0.25, -0.2) is 8.42 Å². The Morgan fingerprint density at radius 2 is 1.66 bits per heavy atom. The monoisotopic (exact) mass is 537 g/mol. The van der Waals surface area contributed by atoms with Gasteiger partial charge in [0.05, 0.1) is 13.2 Å². The lowest BCUT2D eigenvalue weighted by atomic mass is 10.2. The number of sulfonamides is 1. The van der Waals surface area contributed by atoms with Crippen LogP contribution in [0, 0.1) is 0 Å². The lowest BCUT2D eigenvalue weighted by molar-refractivity contribution is -0.121. The number of benzene rings is 2. The summed E-state index contributed by atoms with van der Waals surface area (Å²) in [4.78, 5) is 17.0. The molecule has 2 N–H and O–H groups in total. The number of thiocarbonyl (C=S) groups is 2. The largest absolute Gasteiger partial charge is 0.431 e. The number of hydrogen-bond donors (Lipinski definition) is 2. The molecule has 1 fully saturated rings. The zero-order valence-electron chi connectivity index (χ0n) is 19.3. The summed E-state index contributed by atoms with van der Waals surface area (Å²) in [5, 5.41) is 2.18. The minimum Gasteiger partial charge on any atom is -0.431 e. The van der Waals surface area contributed by atoms with E-state index >= 15 is 0 Å². The summed E-state index contributed by atoms with van der Waals surface area (Å²) in [5.74, 6) is -1.15. The molecule has 10 nitrogen and oxygen atoms in total. The Kier molecular flexibility index (Phi) is 9.34. The van der Waals surface area contributed by atoms with Crippen LogP contribution in [0.3, 0.4) is 0 Å². The highest BCUT2D eigenvalue weighted by Crippen LogP contribution is 2.20. The Labute approximate surface area is 215 Å². The second-order valence-electron chi connectivity index (χ2n) is 7.64. The van der Waals surface area contributed by atoms with Crippen molar-refractivity contribution in [1.82, 2.24) is 20.3 Å². The summed E-state index contributed by atoms with van der Waals surface area (Å²) >= 11 is 10.5. The van der Waals surface area contributed by atoms with Crippen molar-refractivity contribution in [1.29, 1.82) is 0 Å². The van der Waals surface area contributed by atoms with Gasteiger partial charge in [0, 0.05) is 38.4 Å². The van der Waals surface area contributed by atoms with Crippen LogP contribution >= 0.6 is 24.4 Å². The standard InChI is InChI=1S/C22H27N5O5S3/c1-25(21(33)17-6-4-3-5-7-17)23-20(28)16-35(29,30)24-26(2)22(34)32-19-10-8-18(9-11-19)27-12-14-31-15-13-27/h3-11,24H,12-16H2,1-2H3,(H,23,28). The van der Waals surface area contributed by atoms with Crippen molar-refractivity contribution < 1.29 is 22.7 Å². The Balaban J connectivity index is 1.48. The van der Waals surface area contributed by atoms with Crippen LogP contribution in [0.4, 0.5) is 5.69 Å². The van der Waals surface area contributed by atoms with Crippen LogP contribution in [0.5, 0.6) is 5.75 Å². The fraction of sp³-hybridized carbons (Fsp3) is 0.318. The quantitative estimate of drug-likeness (QED) is 0.397. The van der Waals surface area contributed by atoms with Crippen molar-refractivity contribution in [2.45, 2.75) is 0 Å². The molecule has 1 amide bonds. The summed E-state index contributed by atoms with van der Waals surface area (Å²) in [7, 11) is -1.15. The van der Waals surface area contributed by atoms with Gasteiger partial charge in [0.2, 0.25) is 10.0 Å². The minimum atomic E-state index is -4.07. The first-order valence-electron chi connectivity index (χ1n) is 10.7. The lowest BCUT2D eigenvalue weighted by Crippen LogP contribution is -2.50. The van der Waals surface area contributed by atoms with Gasteiger partial charge in [-0.2, -0.15) is 0 Å². The summed E-state index contributed by atoms with van der Waals surface area (Å²) in [6, 6.07) is 16.3. The Morgan fingerprint density at radius 3 is 2.29 bits per heavy atom. The molecule has 1 aliphatic rings. The molecule has 1 saturated heterocycles. The summed E-state index contributed by atoms with van der Waals surface area (Å²) in [5.41, 5.74) is 4.19. The molecular formula is C22H27N5O5S3. The molecule has 2 aromatic carbocycles. The number of hydrazine groups is 2. The number of anilines is 1. The van der Waals surface area contributed by atoms with E-state index in [0.29, 0.717) is 29.5 Å². The number of morpholine rings is 1. The fourth-order valence-electron chi connectivity index (χ4n) is 3.21. The summed E-state index contributed by atoms with van der Waals surface area (Å²) < 4.78 is 35.8. The molecular weight excluding hydrogens is 510 g/mol. The van der Waals surface area contributed by atoms with E-state index in [-0.39, 0.29) is 5.17 Å². The molecule has 3 rings (SSSR count). The first kappa shape index (κ1) is 26.8. The second kappa shape index (κ2) is 12.2. The third-order valence-corrected chi connectivity index (χ3v) is 6.97. The Bertz CT molecular complexity index is 1140. The minimum absolute atomic E-state index is 0.129. The topological polar surface area (TPSA) is 103 Å². The van der Waals surface area contributed by atoms with Crippen LogP contribution in [0.25, 0.3) is 0 Å². The van der Waals surface area contributed by atoms with Crippen LogP contribution in [-0.2, 0) is 19.6 Å². The zero-order chi connectivity index (χ0) is 25.4. The SMILES string of the molecule is CN(NS(=O)(=O)CC(=O)NN(C)C(=S)c1ccccc1)C(=S)Oc1ccc(N2CCOCC2)cc1. The second-order valence-corrected chi connectivity index (χ2v) is 10.1. The van der Waals surface area contributed by atoms with Gasteiger partial charge in [-0.1, -0.05) is 42.5 Å². The Hall–Kier alpha value is -2.84. The molecule has 0 spiro atoms. The van der Waals surface area contributed by atoms with Crippen molar-refractivity contribution in [2.75, 3.05) is 51.1 Å². The van der Waals surface area contributed by atoms with Gasteiger partial charge in [0.25, 0.3) is 11.1 Å². The first-order valence-corrected chi connectivity index (χ1v) is 13.1. The van der Waals surface area contributed by atoms with Gasteiger partial charge in [0.1, 0.15) is 16.5 Å². The van der Waals surface area contributed by atoms with E-state index in [1.54, 1.807) is 24.3 Å². The van der Waals surface area contributed by atoms with Gasteiger partial charge in [-0.3, -0.25) is 20.2 Å². The molecule has 1 heterocycles. The van der Waals surface area contributed by atoms with Crippen LogP contribution < -0.4 is 19.9 Å². The predicted octanol–water partition coefficient (Wildman–Crippen LogP) is 1.29. The molecule has 0 aromatic heterocycles. The molecule has 0 atom stereocenters. The van der Waals surface area contributed by atoms with Crippen LogP contribution in [0.15, 0.2) is 54.6 Å². The number of carbonyl (C=O) groups excluding carboxylic acids is 1. The smallest absolute Gasteiger partial charge is 0.280 e. The van der Waals surface area contributed by atoms with Gasteiger partial charge in [-0.15, -0.1) is 4.83 Å². The number of nitrogens with one attached hydrogen (secondary N) is 2. The highest BCUT2D eigenvalue weighted by molar-refractivity contribution is 7.90. The van der Waals surface area contributed by atoms with Crippen LogP contribution in [-0.4, -0.2) is 80.7 Å². The molecule has 1 aliphatic heterocycles. The summed E-state index contributed by atoms with van der Waals surface area (Å²) in [6.07, 6.45) is 0. The maximum atomic E-state index is 12.5. The number of carbonyl (C=O) groups is 1. The molecule has 0 bridgehead atoms. The van der Waals surface area contributed by atoms with E-state index < -0.39 is 21.7 Å². The van der Waals surface area contributed by atoms with Crippen LogP contribution in [0.1, 0.15) is 5.56 Å². The maximum Gasteiger partial charge on any atom is 0.280 e. The van der Waals surface area contributed by atoms with Crippen molar-refractivity contribution in [3.63, 3.8) is 0 Å². The van der Waals surface area contributed by atoms with Gasteiger partial charge in [-0.05, 0) is 36.5 Å². The van der Waals surface area contributed by atoms with Gasteiger partial charge in [0.15, 0.2) is 0 Å². The van der Waals surface area contributed by atoms with E-state index in [1.165, 1.54) is 19.1 Å². The lowest BCUT2D eigenvalue weighted by Gasteiger charge is -2.29. The number of nitrogens with zero attached hydrogens (tertiary/aromatic N) is 3. The third kappa shape index (κ3) is 8.11. The van der Waals surface area contributed by atoms with Gasteiger partial charge >= 0.3 is 0 Å². The van der Waals surface area contributed by atoms with E-state index in [1.807, 2.05) is 30.3 Å². The Morgan fingerprint density at radius 1 is 1.03 bits per heavy atom. The third-order valence-electron chi connectivity index (χ3n) is 4.91. The maximum absolute atomic E-state index is 12.5. The van der Waals surface area contributed by atoms with Crippen molar-refractivity contribution in [3.05, 3.63) is 60.2 Å². The van der Waals surface area contributed by atoms with Crippen LogP contribution in [0.2, 0.25) is 0 Å². The van der Waals surface area contributed by atoms with E-state index in [0.717, 1.165) is 23.8 Å². The summed E-state index contributed by atoms with van der Waals surface area (Å²) in [6.45, 7) is 2.98. The van der Waals surface area contributed by atoms with E-state index in [4.69, 9.17) is 33.9 Å². The molecule has 35 heavy (non-hydrogen) atoms. The normalized spacial score (nSPS) is 13.6. The average molecular weight is 538 g/mol. The van der Waals surface area contributed by atoms with Gasteiger partial charge < -0.3 is 14.4 Å². The van der Waals surface area contributed by atoms with E-state index in [2.05, 4.69) is 15.2 Å². The molecule has 188 valence electrons. The zero-order valence-corrected chi connectivity index (χ0v) is 21.8. The van der Waals surface area contributed by atoms with E-state index in [9.17, 15) is 13.2 Å². The number of ether oxygens (including phenoxy) is 2. The van der Waals surface area contributed by atoms with Crippen molar-refractivity contribution >= 4 is 56.2 Å². The molecule has 0 radical (unpaired) electrons. The molecule has 2 aromatic rings. The molecule has 0 unspecified atom stereocenters. The molecule has 0 saturated carbocycles. The van der Waals surface area contributed by atoms with Crippen molar-refractivity contribution in [3.8, 4) is 5.75 Å². The average Bonchev–Trinajstić information content (AvgIpc) is 2.84. The molecule has 13 heteroatoms. The fourth-order valence-corrected chi connectivity index (χ4v) is 4.57. The number of hydrogen-bond acceptors (Lipinski definition) is 8. The number of rotatable bonds is 7. The number of amides is 1. The highest BCUT2D eigenvalue weighted by Gasteiger charge is 2.22. The molecule has 0 aliphatic carbocycles. The highest BCUT2D eigenvalue weighted by atomic mass is 32.2. The van der Waals surface area contributed by atoms with Crippen molar-refractivity contribution in [2.24, 2.45) is 0 Å². The predicted molar refractivity (Wildman–Crippen MR) is 141 cm³/mol. The first-order chi connectivity index (χ1) is 16.6.